The molecule has 0 saturated carbocycles. The van der Waals surface area contributed by atoms with Crippen LogP contribution < -0.4 is 11.1 Å². The molecule has 0 saturated heterocycles. The number of hydrogen-bond acceptors (Lipinski definition) is 3. The Bertz CT molecular complexity index is 687. The zero-order valence-electron chi connectivity index (χ0n) is 11.5. The number of benzene rings is 2. The minimum Gasteiger partial charge on any atom is -0.399 e. The highest BCUT2D eigenvalue weighted by molar-refractivity contribution is 5.92. The van der Waals surface area contributed by atoms with Crippen molar-refractivity contribution >= 4 is 17.3 Å². The monoisotopic (exact) mass is 285 g/mol. The van der Waals surface area contributed by atoms with Crippen molar-refractivity contribution in [3.63, 3.8) is 0 Å². The molecule has 2 aromatic rings. The minimum absolute atomic E-state index is 0.152. The number of nitrogens with one attached hydrogen (secondary N) is 1. The molecule has 1 heterocycles. The molecule has 0 bridgehead atoms. The van der Waals surface area contributed by atoms with Gasteiger partial charge in [0.2, 0.25) is 5.91 Å². The van der Waals surface area contributed by atoms with E-state index in [-0.39, 0.29) is 18.3 Å². The molecule has 21 heavy (non-hydrogen) atoms. The van der Waals surface area contributed by atoms with Crippen LogP contribution in [0, 0.1) is 5.82 Å². The van der Waals surface area contributed by atoms with Crippen molar-refractivity contribution < 1.29 is 9.18 Å². The Kier molecular flexibility index (Phi) is 3.58. The van der Waals surface area contributed by atoms with E-state index in [1.165, 1.54) is 17.7 Å². The highest BCUT2D eigenvalue weighted by Crippen LogP contribution is 2.24. The number of anilines is 2. The van der Waals surface area contributed by atoms with E-state index in [1.54, 1.807) is 12.1 Å². The first-order chi connectivity index (χ1) is 10.1. The summed E-state index contributed by atoms with van der Waals surface area (Å²) in [6, 6.07) is 11.7. The second-order valence-electron chi connectivity index (χ2n) is 5.23. The van der Waals surface area contributed by atoms with Crippen LogP contribution in [0.1, 0.15) is 11.1 Å². The van der Waals surface area contributed by atoms with Crippen LogP contribution in [0.3, 0.4) is 0 Å². The van der Waals surface area contributed by atoms with Gasteiger partial charge in [0.25, 0.3) is 0 Å². The molecule has 2 aromatic carbocycles. The number of rotatable bonds is 3. The van der Waals surface area contributed by atoms with Gasteiger partial charge in [-0.25, -0.2) is 4.39 Å². The van der Waals surface area contributed by atoms with Gasteiger partial charge in [-0.1, -0.05) is 12.1 Å². The first-order valence-electron chi connectivity index (χ1n) is 6.75. The van der Waals surface area contributed by atoms with Crippen LogP contribution in [0.5, 0.6) is 0 Å². The van der Waals surface area contributed by atoms with Crippen LogP contribution in [-0.4, -0.2) is 17.4 Å². The van der Waals surface area contributed by atoms with Crippen molar-refractivity contribution in [3.05, 3.63) is 59.4 Å². The van der Waals surface area contributed by atoms with Gasteiger partial charge in [-0.05, 0) is 41.5 Å². The molecule has 1 aliphatic heterocycles. The summed E-state index contributed by atoms with van der Waals surface area (Å²) in [6.45, 7) is 1.70. The summed E-state index contributed by atoms with van der Waals surface area (Å²) in [4.78, 5) is 14.0. The third kappa shape index (κ3) is 3.20. The number of nitrogens with two attached hydrogens (primary N) is 1. The summed E-state index contributed by atoms with van der Waals surface area (Å²) < 4.78 is 13.1. The molecular weight excluding hydrogens is 269 g/mol. The van der Waals surface area contributed by atoms with Crippen molar-refractivity contribution in [1.82, 2.24) is 4.90 Å². The molecule has 4 nitrogen and oxygen atoms in total. The molecule has 0 aliphatic carbocycles. The van der Waals surface area contributed by atoms with E-state index in [1.807, 2.05) is 23.1 Å². The van der Waals surface area contributed by atoms with Crippen LogP contribution in [0.25, 0.3) is 0 Å². The minimum atomic E-state index is -0.364. The van der Waals surface area contributed by atoms with Gasteiger partial charge in [0.15, 0.2) is 0 Å². The standard InChI is InChI=1S/C16H16FN3O/c17-13-2-1-3-15(7-13)19-16(21)10-20-8-11-4-5-14(18)6-12(11)9-20/h1-7H,8-10,18H2,(H,19,21). The van der Waals surface area contributed by atoms with E-state index in [0.717, 1.165) is 17.8 Å². The fourth-order valence-electron chi connectivity index (χ4n) is 2.57. The van der Waals surface area contributed by atoms with Crippen molar-refractivity contribution in [2.45, 2.75) is 13.1 Å². The molecule has 5 heteroatoms. The molecule has 108 valence electrons. The molecule has 0 atom stereocenters. The first kappa shape index (κ1) is 13.6. The predicted molar refractivity (Wildman–Crippen MR) is 80.0 cm³/mol. The van der Waals surface area contributed by atoms with Gasteiger partial charge in [0, 0.05) is 24.5 Å². The van der Waals surface area contributed by atoms with E-state index in [0.29, 0.717) is 12.2 Å². The first-order valence-corrected chi connectivity index (χ1v) is 6.75. The molecule has 0 radical (unpaired) electrons. The largest absolute Gasteiger partial charge is 0.399 e. The third-order valence-corrected chi connectivity index (χ3v) is 3.49. The second-order valence-corrected chi connectivity index (χ2v) is 5.23. The number of halogens is 1. The summed E-state index contributed by atoms with van der Waals surface area (Å²) in [6.07, 6.45) is 0. The normalized spacial score (nSPS) is 14.0. The van der Waals surface area contributed by atoms with Gasteiger partial charge in [0.1, 0.15) is 5.82 Å². The van der Waals surface area contributed by atoms with Crippen LogP contribution in [-0.2, 0) is 17.9 Å². The van der Waals surface area contributed by atoms with Gasteiger partial charge in [0.05, 0.1) is 6.54 Å². The number of carbonyl (C=O) groups is 1. The van der Waals surface area contributed by atoms with Crippen LogP contribution in [0.2, 0.25) is 0 Å². The van der Waals surface area contributed by atoms with Crippen LogP contribution >= 0.6 is 0 Å². The van der Waals surface area contributed by atoms with E-state index in [4.69, 9.17) is 5.73 Å². The van der Waals surface area contributed by atoms with Gasteiger partial charge in [-0.2, -0.15) is 0 Å². The Hall–Kier alpha value is -2.40. The third-order valence-electron chi connectivity index (χ3n) is 3.49. The van der Waals surface area contributed by atoms with E-state index < -0.39 is 0 Å². The summed E-state index contributed by atoms with van der Waals surface area (Å²) >= 11 is 0. The molecule has 3 N–H and O–H groups in total. The van der Waals surface area contributed by atoms with Gasteiger partial charge in [-0.15, -0.1) is 0 Å². The molecule has 0 unspecified atom stereocenters. The average molecular weight is 285 g/mol. The van der Waals surface area contributed by atoms with E-state index in [2.05, 4.69) is 5.32 Å². The number of fused-ring (bicyclic) bond motifs is 1. The van der Waals surface area contributed by atoms with Gasteiger partial charge < -0.3 is 11.1 Å². The fourth-order valence-corrected chi connectivity index (χ4v) is 2.57. The molecule has 0 fully saturated rings. The number of carbonyl (C=O) groups excluding carboxylic acids is 1. The molecular formula is C16H16FN3O. The lowest BCUT2D eigenvalue weighted by molar-refractivity contribution is -0.117. The molecule has 0 spiro atoms. The molecule has 0 aromatic heterocycles. The zero-order chi connectivity index (χ0) is 14.8. The number of nitrogens with zero attached hydrogens (tertiary/aromatic N) is 1. The van der Waals surface area contributed by atoms with Gasteiger partial charge >= 0.3 is 0 Å². The lowest BCUT2D eigenvalue weighted by atomic mass is 10.1. The van der Waals surface area contributed by atoms with Crippen molar-refractivity contribution in [2.75, 3.05) is 17.6 Å². The smallest absolute Gasteiger partial charge is 0.238 e. The maximum atomic E-state index is 13.1. The number of hydrogen-bond donors (Lipinski definition) is 2. The van der Waals surface area contributed by atoms with Gasteiger partial charge in [-0.3, -0.25) is 9.69 Å². The Morgan fingerprint density at radius 1 is 1.19 bits per heavy atom. The van der Waals surface area contributed by atoms with E-state index >= 15 is 0 Å². The summed E-state index contributed by atoms with van der Waals surface area (Å²) in [7, 11) is 0. The summed E-state index contributed by atoms with van der Waals surface area (Å²) in [5.41, 5.74) is 9.33. The zero-order valence-corrected chi connectivity index (χ0v) is 11.5. The van der Waals surface area contributed by atoms with Crippen molar-refractivity contribution in [3.8, 4) is 0 Å². The van der Waals surface area contributed by atoms with Crippen molar-refractivity contribution in [2.24, 2.45) is 0 Å². The Balaban J connectivity index is 1.60. The SMILES string of the molecule is Nc1ccc2c(c1)CN(CC(=O)Nc1cccc(F)c1)C2. The van der Waals surface area contributed by atoms with Crippen LogP contribution in [0.4, 0.5) is 15.8 Å². The Morgan fingerprint density at radius 3 is 2.81 bits per heavy atom. The molecule has 3 rings (SSSR count). The second kappa shape index (κ2) is 5.54. The summed E-state index contributed by atoms with van der Waals surface area (Å²) in [5, 5.41) is 2.70. The maximum absolute atomic E-state index is 13.1. The van der Waals surface area contributed by atoms with Crippen molar-refractivity contribution in [1.29, 1.82) is 0 Å². The highest BCUT2D eigenvalue weighted by atomic mass is 19.1. The average Bonchev–Trinajstić information content (AvgIpc) is 2.79. The Morgan fingerprint density at radius 2 is 2.00 bits per heavy atom. The number of amides is 1. The highest BCUT2D eigenvalue weighted by Gasteiger charge is 2.20. The molecule has 1 aliphatic rings. The fraction of sp³-hybridized carbons (Fsp3) is 0.188. The topological polar surface area (TPSA) is 58.4 Å². The lowest BCUT2D eigenvalue weighted by Crippen LogP contribution is -2.29. The van der Waals surface area contributed by atoms with E-state index in [9.17, 15) is 9.18 Å². The molecule has 1 amide bonds. The lowest BCUT2D eigenvalue weighted by Gasteiger charge is -2.14. The van der Waals surface area contributed by atoms with Crippen LogP contribution in [0.15, 0.2) is 42.5 Å². The summed E-state index contributed by atoms with van der Waals surface area (Å²) in [5.74, 6) is -0.516. The number of nitrogen functional groups attached to an aromatic ring is 1. The Labute approximate surface area is 122 Å². The maximum Gasteiger partial charge on any atom is 0.238 e. The predicted octanol–water partition coefficient (Wildman–Crippen LogP) is 2.36. The quantitative estimate of drug-likeness (QED) is 0.851.